The molecule has 2 aromatic rings. The lowest BCUT2D eigenvalue weighted by molar-refractivity contribution is -0.00340. The van der Waals surface area contributed by atoms with Crippen LogP contribution in [-0.2, 0) is 0 Å². The van der Waals surface area contributed by atoms with Gasteiger partial charge in [0, 0.05) is 24.2 Å². The highest BCUT2D eigenvalue weighted by molar-refractivity contribution is 5.85. The topological polar surface area (TPSA) is 65.8 Å². The second kappa shape index (κ2) is 8.57. The summed E-state index contributed by atoms with van der Waals surface area (Å²) in [5, 5.41) is 21.1. The molecule has 2 N–H and O–H groups in total. The Hall–Kier alpha value is -1.66. The van der Waals surface area contributed by atoms with E-state index in [9.17, 15) is 5.11 Å². The Bertz CT molecular complexity index is 826. The second-order valence-electron chi connectivity index (χ2n) is 7.22. The van der Waals surface area contributed by atoms with E-state index in [0.29, 0.717) is 11.7 Å². The van der Waals surface area contributed by atoms with Gasteiger partial charge in [-0.2, -0.15) is 0 Å². The van der Waals surface area contributed by atoms with Gasteiger partial charge in [-0.15, -0.1) is 12.4 Å². The molecule has 3 fully saturated rings. The van der Waals surface area contributed by atoms with Crippen molar-refractivity contribution >= 4 is 23.3 Å². The van der Waals surface area contributed by atoms with Crippen molar-refractivity contribution in [3.63, 3.8) is 0 Å². The average molecular weight is 391 g/mol. The molecule has 2 bridgehead atoms. The third kappa shape index (κ3) is 3.83. The van der Waals surface area contributed by atoms with E-state index in [1.807, 2.05) is 24.3 Å². The lowest BCUT2D eigenvalue weighted by Gasteiger charge is -2.48. The minimum atomic E-state index is -0.546. The van der Waals surface area contributed by atoms with Crippen molar-refractivity contribution in [3.05, 3.63) is 47.7 Å². The number of hydrogen-bond donors (Lipinski definition) is 2. The molecule has 0 amide bonds. The van der Waals surface area contributed by atoms with Crippen molar-refractivity contribution in [1.82, 2.24) is 9.88 Å². The van der Waals surface area contributed by atoms with Crippen LogP contribution in [0.2, 0.25) is 0 Å². The van der Waals surface area contributed by atoms with E-state index in [-0.39, 0.29) is 31.7 Å². The molecule has 1 aromatic heterocycles. The van der Waals surface area contributed by atoms with Crippen LogP contribution in [0.1, 0.15) is 31.4 Å². The molecule has 3 aliphatic heterocycles. The predicted molar refractivity (Wildman–Crippen MR) is 108 cm³/mol. The Balaban J connectivity index is 0.00000210. The number of pyridine rings is 1. The van der Waals surface area contributed by atoms with Gasteiger partial charge in [0.05, 0.1) is 18.2 Å². The minimum Gasteiger partial charge on any atom is -0.491 e. The quantitative estimate of drug-likeness (QED) is 0.768. The summed E-state index contributed by atoms with van der Waals surface area (Å²) in [7, 11) is 0. The first-order chi connectivity index (χ1) is 12.7. The van der Waals surface area contributed by atoms with Crippen molar-refractivity contribution in [2.24, 2.45) is 5.92 Å². The first kappa shape index (κ1) is 20.1. The number of aliphatic hydroxyl groups excluding tert-OH is 2. The number of piperidine rings is 3. The third-order valence-electron chi connectivity index (χ3n) is 5.83. The zero-order valence-corrected chi connectivity index (χ0v) is 16.4. The average Bonchev–Trinajstić information content (AvgIpc) is 2.71. The minimum absolute atomic E-state index is 0. The van der Waals surface area contributed by atoms with Crippen LogP contribution >= 0.6 is 12.4 Å². The van der Waals surface area contributed by atoms with Gasteiger partial charge in [-0.3, -0.25) is 9.88 Å². The summed E-state index contributed by atoms with van der Waals surface area (Å²) in [5.74, 6) is 1.29. The zero-order chi connectivity index (χ0) is 18.1. The monoisotopic (exact) mass is 390 g/mol. The molecule has 0 spiro atoms. The first-order valence-corrected chi connectivity index (χ1v) is 9.40. The summed E-state index contributed by atoms with van der Waals surface area (Å²) in [5.41, 5.74) is 3.27. The molecule has 4 heterocycles. The summed E-state index contributed by atoms with van der Waals surface area (Å²) < 4.78 is 5.54. The van der Waals surface area contributed by atoms with Gasteiger partial charge in [0.2, 0.25) is 0 Å². The van der Waals surface area contributed by atoms with E-state index in [4.69, 9.17) is 9.84 Å². The molecule has 146 valence electrons. The molecule has 3 aliphatic rings. The molecule has 0 saturated carbocycles. The number of allylic oxidation sites excluding steroid dienone is 1. The number of aliphatic hydroxyl groups is 2. The maximum Gasteiger partial charge on any atom is 0.120 e. The molecule has 0 radical (unpaired) electrons. The van der Waals surface area contributed by atoms with Crippen molar-refractivity contribution in [1.29, 1.82) is 0 Å². The number of fused-ring (bicyclic) bond motifs is 4. The van der Waals surface area contributed by atoms with Crippen LogP contribution in [0.3, 0.4) is 0 Å². The van der Waals surface area contributed by atoms with Crippen molar-refractivity contribution in [2.45, 2.75) is 31.9 Å². The Morgan fingerprint density at radius 3 is 2.93 bits per heavy atom. The number of benzene rings is 1. The van der Waals surface area contributed by atoms with E-state index >= 15 is 0 Å². The number of halogens is 1. The number of ether oxygens (including phenoxy) is 1. The van der Waals surface area contributed by atoms with Crippen LogP contribution in [-0.4, -0.2) is 52.4 Å². The third-order valence-corrected chi connectivity index (χ3v) is 5.83. The van der Waals surface area contributed by atoms with Gasteiger partial charge < -0.3 is 14.9 Å². The standard InChI is InChI=1S/C21H26N2O3.ClH/c1-2-14-13-23-8-6-15(14)11-20(23)21(25)17-5-7-22-19-4-3-16(12-18(17)19)26-10-9-24;/h2-5,7,12,15,20-21,24-25H,6,8-11,13H2,1H3;1H/t15-,20-,21+;/m1./s1. The van der Waals surface area contributed by atoms with Crippen LogP contribution in [0, 0.1) is 5.92 Å². The maximum atomic E-state index is 11.2. The molecule has 1 unspecified atom stereocenters. The molecule has 1 aromatic carbocycles. The number of nitrogens with zero attached hydrogens (tertiary/aromatic N) is 2. The maximum absolute atomic E-state index is 11.2. The highest BCUT2D eigenvalue weighted by atomic mass is 35.5. The lowest BCUT2D eigenvalue weighted by atomic mass is 9.76. The van der Waals surface area contributed by atoms with Crippen LogP contribution in [0.4, 0.5) is 0 Å². The van der Waals surface area contributed by atoms with Crippen molar-refractivity contribution < 1.29 is 14.9 Å². The second-order valence-corrected chi connectivity index (χ2v) is 7.22. The Morgan fingerprint density at radius 1 is 1.37 bits per heavy atom. The smallest absolute Gasteiger partial charge is 0.120 e. The Morgan fingerprint density at radius 2 is 2.22 bits per heavy atom. The van der Waals surface area contributed by atoms with Crippen molar-refractivity contribution in [2.75, 3.05) is 26.3 Å². The van der Waals surface area contributed by atoms with E-state index in [1.165, 1.54) is 12.0 Å². The van der Waals surface area contributed by atoms with E-state index in [0.717, 1.165) is 36.0 Å². The van der Waals surface area contributed by atoms with E-state index in [2.05, 4.69) is 22.9 Å². The van der Waals surface area contributed by atoms with Gasteiger partial charge in [-0.1, -0.05) is 11.6 Å². The Labute approximate surface area is 166 Å². The highest BCUT2D eigenvalue weighted by Gasteiger charge is 2.40. The van der Waals surface area contributed by atoms with Gasteiger partial charge in [-0.25, -0.2) is 0 Å². The van der Waals surface area contributed by atoms with Crippen LogP contribution < -0.4 is 4.74 Å². The van der Waals surface area contributed by atoms with Gasteiger partial charge >= 0.3 is 0 Å². The SMILES string of the molecule is CC=C1CN2CC[C@@H]1C[C@@H]2[C@@H](O)c1ccnc2ccc(OCCO)cc12.Cl. The van der Waals surface area contributed by atoms with Crippen LogP contribution in [0.25, 0.3) is 10.9 Å². The molecule has 27 heavy (non-hydrogen) atoms. The molecule has 5 rings (SSSR count). The summed E-state index contributed by atoms with van der Waals surface area (Å²) >= 11 is 0. The first-order valence-electron chi connectivity index (χ1n) is 9.40. The van der Waals surface area contributed by atoms with Gasteiger partial charge in [0.25, 0.3) is 0 Å². The normalized spacial score (nSPS) is 26.8. The highest BCUT2D eigenvalue weighted by Crippen LogP contribution is 2.41. The van der Waals surface area contributed by atoms with Gasteiger partial charge in [0.1, 0.15) is 12.4 Å². The molecule has 4 atom stereocenters. The summed E-state index contributed by atoms with van der Waals surface area (Å²) in [6.45, 7) is 4.38. The molecule has 5 nitrogen and oxygen atoms in total. The zero-order valence-electron chi connectivity index (χ0n) is 15.5. The molecular weight excluding hydrogens is 364 g/mol. The summed E-state index contributed by atoms with van der Waals surface area (Å²) in [4.78, 5) is 6.84. The van der Waals surface area contributed by atoms with E-state index in [1.54, 1.807) is 6.20 Å². The lowest BCUT2D eigenvalue weighted by Crippen LogP contribution is -2.52. The van der Waals surface area contributed by atoms with Crippen molar-refractivity contribution in [3.8, 4) is 5.75 Å². The van der Waals surface area contributed by atoms with Gasteiger partial charge in [-0.05, 0) is 62.1 Å². The van der Waals surface area contributed by atoms with Crippen LogP contribution in [0.15, 0.2) is 42.1 Å². The molecule has 0 aliphatic carbocycles. The largest absolute Gasteiger partial charge is 0.491 e. The fourth-order valence-electron chi connectivity index (χ4n) is 4.46. The molecule has 3 saturated heterocycles. The fraction of sp³-hybridized carbons (Fsp3) is 0.476. The molecular formula is C21H27ClN2O3. The van der Waals surface area contributed by atoms with Gasteiger partial charge in [0.15, 0.2) is 0 Å². The number of hydrogen-bond acceptors (Lipinski definition) is 5. The number of aromatic nitrogens is 1. The van der Waals surface area contributed by atoms with E-state index < -0.39 is 6.10 Å². The Kier molecular flexibility index (Phi) is 6.37. The fourth-order valence-corrected chi connectivity index (χ4v) is 4.46. The van der Waals surface area contributed by atoms with Crippen LogP contribution in [0.5, 0.6) is 5.75 Å². The summed E-state index contributed by atoms with van der Waals surface area (Å²) in [6, 6.07) is 7.74. The summed E-state index contributed by atoms with van der Waals surface area (Å²) in [6.07, 6.45) is 5.66. The predicted octanol–water partition coefficient (Wildman–Crippen LogP) is 3.10. The molecule has 6 heteroatoms. The number of rotatable bonds is 5.